The second-order valence-corrected chi connectivity index (χ2v) is 6.99. The summed E-state index contributed by atoms with van der Waals surface area (Å²) in [6.45, 7) is 0.348. The molecule has 0 aliphatic carbocycles. The van der Waals surface area contributed by atoms with Crippen LogP contribution in [0.2, 0.25) is 0 Å². The summed E-state index contributed by atoms with van der Waals surface area (Å²) < 4.78 is 6.84. The van der Waals surface area contributed by atoms with Crippen LogP contribution in [0.1, 0.15) is 11.3 Å². The lowest BCUT2D eigenvalue weighted by Gasteiger charge is -2.13. The summed E-state index contributed by atoms with van der Waals surface area (Å²) in [7, 11) is 0. The minimum atomic E-state index is -0.512. The summed E-state index contributed by atoms with van der Waals surface area (Å²) in [4.78, 5) is 33.3. The zero-order valence-corrected chi connectivity index (χ0v) is 15.4. The monoisotopic (exact) mass is 393 g/mol. The van der Waals surface area contributed by atoms with E-state index in [1.165, 1.54) is 17.8 Å². The number of para-hydroxylation sites is 1. The van der Waals surface area contributed by atoms with E-state index in [0.717, 1.165) is 11.8 Å². The van der Waals surface area contributed by atoms with E-state index < -0.39 is 11.2 Å². The highest BCUT2D eigenvalue weighted by Crippen LogP contribution is 2.23. The van der Waals surface area contributed by atoms with Crippen LogP contribution in [0.5, 0.6) is 5.75 Å². The van der Waals surface area contributed by atoms with Crippen molar-refractivity contribution >= 4 is 22.7 Å². The third kappa shape index (κ3) is 3.67. The van der Waals surface area contributed by atoms with Gasteiger partial charge < -0.3 is 9.52 Å². The minimum absolute atomic E-state index is 0.142. The van der Waals surface area contributed by atoms with Crippen molar-refractivity contribution in [1.82, 2.24) is 14.5 Å². The molecule has 0 bridgehead atoms. The standard InChI is InChI=1S/C20H15N3O4S/c24-17-9-14(27-11-18(17)25)12-28-20-22-16-4-2-1-3-15(16)19(26)23(20)10-13-5-7-21-8-6-13/h1-9,11,25H,10,12H2. The highest BCUT2D eigenvalue weighted by atomic mass is 32.2. The van der Waals surface area contributed by atoms with Crippen molar-refractivity contribution < 1.29 is 9.52 Å². The maximum Gasteiger partial charge on any atom is 0.262 e. The van der Waals surface area contributed by atoms with Gasteiger partial charge in [-0.2, -0.15) is 0 Å². The number of rotatable bonds is 5. The zero-order chi connectivity index (χ0) is 19.5. The number of nitrogens with zero attached hydrogens (tertiary/aromatic N) is 3. The van der Waals surface area contributed by atoms with Gasteiger partial charge in [0.15, 0.2) is 10.9 Å². The summed E-state index contributed by atoms with van der Waals surface area (Å²) in [6.07, 6.45) is 4.36. The normalized spacial score (nSPS) is 11.0. The number of aromatic hydroxyl groups is 1. The predicted octanol–water partition coefficient (Wildman–Crippen LogP) is 2.79. The van der Waals surface area contributed by atoms with Crippen LogP contribution in [0.15, 0.2) is 80.3 Å². The lowest BCUT2D eigenvalue weighted by atomic mass is 10.2. The van der Waals surface area contributed by atoms with Crippen molar-refractivity contribution in [2.24, 2.45) is 0 Å². The molecule has 3 aromatic heterocycles. The van der Waals surface area contributed by atoms with Gasteiger partial charge in [-0.05, 0) is 29.8 Å². The maximum atomic E-state index is 13.1. The summed E-state index contributed by atoms with van der Waals surface area (Å²) in [5, 5.41) is 10.4. The Morgan fingerprint density at radius 3 is 2.68 bits per heavy atom. The van der Waals surface area contributed by atoms with Gasteiger partial charge in [0.25, 0.3) is 5.56 Å². The number of fused-ring (bicyclic) bond motifs is 1. The van der Waals surface area contributed by atoms with E-state index in [1.54, 1.807) is 35.2 Å². The van der Waals surface area contributed by atoms with Crippen LogP contribution < -0.4 is 11.0 Å². The predicted molar refractivity (Wildman–Crippen MR) is 106 cm³/mol. The Labute approximate surface area is 163 Å². The van der Waals surface area contributed by atoms with Gasteiger partial charge in [-0.25, -0.2) is 4.98 Å². The third-order valence-corrected chi connectivity index (χ3v) is 5.13. The summed E-state index contributed by atoms with van der Waals surface area (Å²) in [5.74, 6) is 0.231. The number of benzene rings is 1. The van der Waals surface area contributed by atoms with Gasteiger partial charge in [0.2, 0.25) is 5.43 Å². The highest BCUT2D eigenvalue weighted by molar-refractivity contribution is 7.98. The largest absolute Gasteiger partial charge is 0.502 e. The molecule has 4 rings (SSSR count). The first-order valence-corrected chi connectivity index (χ1v) is 9.42. The molecule has 8 heteroatoms. The van der Waals surface area contributed by atoms with Gasteiger partial charge in [0.1, 0.15) is 12.0 Å². The van der Waals surface area contributed by atoms with Crippen molar-refractivity contribution in [3.05, 3.63) is 93.0 Å². The van der Waals surface area contributed by atoms with Crippen LogP contribution in [-0.2, 0) is 12.3 Å². The molecular formula is C20H15N3O4S. The lowest BCUT2D eigenvalue weighted by molar-refractivity contribution is 0.419. The van der Waals surface area contributed by atoms with Crippen molar-refractivity contribution in [2.75, 3.05) is 0 Å². The smallest absolute Gasteiger partial charge is 0.262 e. The van der Waals surface area contributed by atoms with Crippen LogP contribution >= 0.6 is 11.8 Å². The molecule has 0 aliphatic rings. The quantitative estimate of drug-likeness (QED) is 0.411. The molecular weight excluding hydrogens is 378 g/mol. The number of hydrogen-bond donors (Lipinski definition) is 1. The molecule has 0 saturated carbocycles. The maximum absolute atomic E-state index is 13.1. The van der Waals surface area contributed by atoms with E-state index in [2.05, 4.69) is 9.97 Å². The Morgan fingerprint density at radius 2 is 1.89 bits per heavy atom. The van der Waals surface area contributed by atoms with Crippen LogP contribution in [0.4, 0.5) is 0 Å². The Bertz CT molecular complexity index is 1250. The Balaban J connectivity index is 1.74. The Morgan fingerprint density at radius 1 is 1.11 bits per heavy atom. The molecule has 3 heterocycles. The van der Waals surface area contributed by atoms with Crippen molar-refractivity contribution in [2.45, 2.75) is 17.5 Å². The van der Waals surface area contributed by atoms with Crippen molar-refractivity contribution in [1.29, 1.82) is 0 Å². The third-order valence-electron chi connectivity index (χ3n) is 4.13. The van der Waals surface area contributed by atoms with Crippen molar-refractivity contribution in [3.8, 4) is 5.75 Å². The second-order valence-electron chi connectivity index (χ2n) is 6.04. The van der Waals surface area contributed by atoms with Crippen LogP contribution in [0.3, 0.4) is 0 Å². The average molecular weight is 393 g/mol. The zero-order valence-electron chi connectivity index (χ0n) is 14.6. The van der Waals surface area contributed by atoms with E-state index in [-0.39, 0.29) is 11.3 Å². The molecule has 1 N–H and O–H groups in total. The SMILES string of the molecule is O=c1cc(CSc2nc3ccccc3c(=O)n2Cc2ccncc2)occ1O. The molecule has 0 fully saturated rings. The van der Waals surface area contributed by atoms with E-state index in [1.807, 2.05) is 18.2 Å². The first kappa shape index (κ1) is 18.0. The number of hydrogen-bond acceptors (Lipinski definition) is 7. The molecule has 0 unspecified atom stereocenters. The van der Waals surface area contributed by atoms with Crippen LogP contribution in [0, 0.1) is 0 Å². The summed E-state index contributed by atoms with van der Waals surface area (Å²) in [6, 6.07) is 12.1. The Hall–Kier alpha value is -3.39. The van der Waals surface area contributed by atoms with Crippen molar-refractivity contribution in [3.63, 3.8) is 0 Å². The van der Waals surface area contributed by atoms with Gasteiger partial charge in [0, 0.05) is 18.5 Å². The first-order valence-electron chi connectivity index (χ1n) is 8.44. The Kier molecular flexibility index (Phi) is 4.94. The fourth-order valence-corrected chi connectivity index (χ4v) is 3.61. The van der Waals surface area contributed by atoms with E-state index in [9.17, 15) is 14.7 Å². The molecule has 1 aromatic carbocycles. The molecule has 7 nitrogen and oxygen atoms in total. The average Bonchev–Trinajstić information content (AvgIpc) is 2.72. The van der Waals surface area contributed by atoms with Gasteiger partial charge in [-0.3, -0.25) is 19.1 Å². The molecule has 0 radical (unpaired) electrons. The summed E-state index contributed by atoms with van der Waals surface area (Å²) in [5.41, 5.74) is 0.875. The summed E-state index contributed by atoms with van der Waals surface area (Å²) >= 11 is 1.28. The molecule has 4 aromatic rings. The molecule has 28 heavy (non-hydrogen) atoms. The minimum Gasteiger partial charge on any atom is -0.502 e. The van der Waals surface area contributed by atoms with Crippen LogP contribution in [0.25, 0.3) is 10.9 Å². The number of pyridine rings is 1. The fraction of sp³-hybridized carbons (Fsp3) is 0.100. The number of thioether (sulfide) groups is 1. The highest BCUT2D eigenvalue weighted by Gasteiger charge is 2.13. The topological polar surface area (TPSA) is 98.2 Å². The van der Waals surface area contributed by atoms with Gasteiger partial charge in [-0.15, -0.1) is 0 Å². The number of aromatic nitrogens is 3. The lowest BCUT2D eigenvalue weighted by Crippen LogP contribution is -2.24. The van der Waals surface area contributed by atoms with Gasteiger partial charge in [-0.1, -0.05) is 23.9 Å². The van der Waals surface area contributed by atoms with E-state index >= 15 is 0 Å². The van der Waals surface area contributed by atoms with Gasteiger partial charge in [0.05, 0.1) is 23.2 Å². The fourth-order valence-electron chi connectivity index (χ4n) is 2.72. The van der Waals surface area contributed by atoms with Gasteiger partial charge >= 0.3 is 0 Å². The first-order chi connectivity index (χ1) is 13.6. The van der Waals surface area contributed by atoms with E-state index in [4.69, 9.17) is 4.42 Å². The van der Waals surface area contributed by atoms with Crippen LogP contribution in [-0.4, -0.2) is 19.6 Å². The molecule has 0 saturated heterocycles. The molecule has 0 aliphatic heterocycles. The molecule has 0 spiro atoms. The molecule has 0 atom stereocenters. The second kappa shape index (κ2) is 7.69. The molecule has 0 amide bonds. The van der Waals surface area contributed by atoms with E-state index in [0.29, 0.717) is 28.4 Å². The molecule has 140 valence electrons.